The van der Waals surface area contributed by atoms with Gasteiger partial charge < -0.3 is 58.4 Å². The first-order valence-corrected chi connectivity index (χ1v) is 14.0. The summed E-state index contributed by atoms with van der Waals surface area (Å²) in [6, 6.07) is -8.56. The molecule has 19 nitrogen and oxygen atoms in total. The standard InChI is InChI=1S/C26H43N9O10/c1-11(2)19(28)24(42)31-15(6-18(27)38)22(40)35-20(12(3)4)25(43)32-14(5-13-7-29-10-30-13)21(39)33-16(8-36)23(41)34-17(9-37)26(44)45/h7,10-12,14-17,19-20,36-37H,5-6,8-9,28H2,1-4H3,(H2,27,38)(H,29,30)(H,31,42)(H,32,43)(H,33,39)(H,34,41)(H,35,40)(H,44,45)/t14-,15-,16-,17-,19-,20-/m0/s1. The van der Waals surface area contributed by atoms with Crippen LogP contribution in [0.3, 0.4) is 0 Å². The van der Waals surface area contributed by atoms with Gasteiger partial charge in [0.15, 0.2) is 0 Å². The van der Waals surface area contributed by atoms with E-state index in [1.165, 1.54) is 12.5 Å². The van der Waals surface area contributed by atoms with E-state index < -0.39 is 103 Å². The lowest BCUT2D eigenvalue weighted by Gasteiger charge is -2.28. The number of nitrogens with two attached hydrogens (primary N) is 2. The number of primary amides is 1. The molecule has 1 aromatic rings. The molecule has 0 bridgehead atoms. The number of carbonyl (C=O) groups excluding carboxylic acids is 6. The third kappa shape index (κ3) is 12.5. The number of H-pyrrole nitrogens is 1. The maximum absolute atomic E-state index is 13.4. The summed E-state index contributed by atoms with van der Waals surface area (Å²) in [5.41, 5.74) is 11.5. The Labute approximate surface area is 258 Å². The number of nitrogens with zero attached hydrogens (tertiary/aromatic N) is 1. The van der Waals surface area contributed by atoms with Gasteiger partial charge in [0.05, 0.1) is 32.0 Å². The zero-order chi connectivity index (χ0) is 34.4. The number of aliphatic hydroxyl groups excluding tert-OH is 2. The van der Waals surface area contributed by atoms with Crippen LogP contribution < -0.4 is 38.1 Å². The Morgan fingerprint density at radius 1 is 0.756 bits per heavy atom. The van der Waals surface area contributed by atoms with E-state index in [1.54, 1.807) is 27.7 Å². The minimum atomic E-state index is -1.70. The summed E-state index contributed by atoms with van der Waals surface area (Å²) < 4.78 is 0. The zero-order valence-corrected chi connectivity index (χ0v) is 25.4. The minimum Gasteiger partial charge on any atom is -0.480 e. The van der Waals surface area contributed by atoms with Gasteiger partial charge in [-0.1, -0.05) is 27.7 Å². The highest BCUT2D eigenvalue weighted by molar-refractivity contribution is 5.97. The Balaban J connectivity index is 3.18. The van der Waals surface area contributed by atoms with Crippen molar-refractivity contribution in [3.8, 4) is 0 Å². The van der Waals surface area contributed by atoms with Gasteiger partial charge in [-0.05, 0) is 11.8 Å². The molecule has 13 N–H and O–H groups in total. The van der Waals surface area contributed by atoms with Gasteiger partial charge in [-0.25, -0.2) is 9.78 Å². The Morgan fingerprint density at radius 3 is 1.73 bits per heavy atom. The Kier molecular flexibility index (Phi) is 15.6. The highest BCUT2D eigenvalue weighted by Crippen LogP contribution is 2.08. The third-order valence-electron chi connectivity index (χ3n) is 6.53. The molecule has 0 aliphatic rings. The van der Waals surface area contributed by atoms with Crippen LogP contribution in [0, 0.1) is 11.8 Å². The Morgan fingerprint density at radius 2 is 1.27 bits per heavy atom. The first kappa shape index (κ1) is 38.4. The van der Waals surface area contributed by atoms with E-state index in [2.05, 4.69) is 31.2 Å². The van der Waals surface area contributed by atoms with E-state index >= 15 is 0 Å². The molecule has 1 aromatic heterocycles. The molecule has 0 spiro atoms. The minimum absolute atomic E-state index is 0.196. The SMILES string of the molecule is CC(C)[C@H](N)C(=O)N[C@@H](CC(N)=O)C(=O)N[C@H](C(=O)N[C@@H](Cc1cnc[nH]1)C(=O)N[C@@H](CO)C(=O)N[C@@H](CO)C(=O)O)C(C)C. The summed E-state index contributed by atoms with van der Waals surface area (Å²) in [6.45, 7) is 4.60. The molecule has 0 saturated heterocycles. The summed E-state index contributed by atoms with van der Waals surface area (Å²) in [4.78, 5) is 94.2. The van der Waals surface area contributed by atoms with Gasteiger partial charge >= 0.3 is 5.97 Å². The van der Waals surface area contributed by atoms with Crippen LogP contribution in [0.4, 0.5) is 0 Å². The maximum atomic E-state index is 13.4. The Bertz CT molecular complexity index is 1190. The number of aliphatic hydroxyl groups is 2. The number of aromatic amines is 1. The summed E-state index contributed by atoms with van der Waals surface area (Å²) in [5.74, 6) is -7.94. The average molecular weight is 642 g/mol. The second-order valence-electron chi connectivity index (χ2n) is 10.9. The monoisotopic (exact) mass is 641 g/mol. The van der Waals surface area contributed by atoms with E-state index in [0.29, 0.717) is 5.69 Å². The first-order chi connectivity index (χ1) is 21.0. The van der Waals surface area contributed by atoms with E-state index in [-0.39, 0.29) is 12.3 Å². The van der Waals surface area contributed by atoms with Crippen LogP contribution in [0.2, 0.25) is 0 Å². The lowest BCUT2D eigenvalue weighted by molar-refractivity contribution is -0.143. The van der Waals surface area contributed by atoms with Gasteiger partial charge in [-0.3, -0.25) is 28.8 Å². The fourth-order valence-corrected chi connectivity index (χ4v) is 3.78. The molecule has 0 saturated carbocycles. The van der Waals surface area contributed by atoms with Crippen molar-refractivity contribution in [2.24, 2.45) is 23.3 Å². The number of amides is 6. The molecule has 6 amide bonds. The van der Waals surface area contributed by atoms with Crippen LogP contribution in [0.1, 0.15) is 39.8 Å². The number of imidazole rings is 1. The molecular weight excluding hydrogens is 598 g/mol. The lowest BCUT2D eigenvalue weighted by Crippen LogP contribution is -2.61. The van der Waals surface area contributed by atoms with Crippen molar-refractivity contribution in [2.75, 3.05) is 13.2 Å². The molecule has 1 rings (SSSR count). The number of carboxylic acid groups (broad SMARTS) is 1. The largest absolute Gasteiger partial charge is 0.480 e. The zero-order valence-electron chi connectivity index (χ0n) is 25.4. The fourth-order valence-electron chi connectivity index (χ4n) is 3.78. The second-order valence-corrected chi connectivity index (χ2v) is 10.9. The topological polar surface area (TPSA) is 321 Å². The predicted molar refractivity (Wildman–Crippen MR) is 155 cm³/mol. The molecule has 19 heteroatoms. The first-order valence-electron chi connectivity index (χ1n) is 14.0. The van der Waals surface area contributed by atoms with Gasteiger partial charge in [0.1, 0.15) is 30.2 Å². The number of rotatable bonds is 19. The van der Waals surface area contributed by atoms with Crippen molar-refractivity contribution >= 4 is 41.4 Å². The van der Waals surface area contributed by atoms with Crippen molar-refractivity contribution in [1.29, 1.82) is 0 Å². The average Bonchev–Trinajstić information content (AvgIpc) is 3.48. The summed E-state index contributed by atoms with van der Waals surface area (Å²) in [7, 11) is 0. The molecule has 1 heterocycles. The summed E-state index contributed by atoms with van der Waals surface area (Å²) >= 11 is 0. The van der Waals surface area contributed by atoms with Crippen molar-refractivity contribution in [2.45, 2.75) is 76.8 Å². The number of hydrogen-bond acceptors (Lipinski definition) is 11. The van der Waals surface area contributed by atoms with Gasteiger partial charge in [0.25, 0.3) is 0 Å². The smallest absolute Gasteiger partial charge is 0.328 e. The highest BCUT2D eigenvalue weighted by Gasteiger charge is 2.34. The summed E-state index contributed by atoms with van der Waals surface area (Å²) in [5, 5.41) is 39.4. The summed E-state index contributed by atoms with van der Waals surface area (Å²) in [6.07, 6.45) is 1.88. The van der Waals surface area contributed by atoms with Crippen molar-refractivity contribution in [1.82, 2.24) is 36.6 Å². The number of nitrogens with one attached hydrogen (secondary N) is 6. The molecule has 6 atom stereocenters. The maximum Gasteiger partial charge on any atom is 0.328 e. The molecular formula is C26H43N9O10. The molecule has 0 aromatic carbocycles. The molecule has 0 unspecified atom stereocenters. The van der Waals surface area contributed by atoms with Crippen molar-refractivity contribution < 1.29 is 48.9 Å². The number of aromatic nitrogens is 2. The molecule has 45 heavy (non-hydrogen) atoms. The number of carbonyl (C=O) groups is 7. The van der Waals surface area contributed by atoms with E-state index in [1.807, 2.05) is 5.32 Å². The predicted octanol–water partition coefficient (Wildman–Crippen LogP) is -5.04. The van der Waals surface area contributed by atoms with E-state index in [9.17, 15) is 38.7 Å². The van der Waals surface area contributed by atoms with Crippen LogP contribution in [0.25, 0.3) is 0 Å². The highest BCUT2D eigenvalue weighted by atomic mass is 16.4. The molecule has 252 valence electrons. The number of aliphatic carboxylic acids is 1. The lowest BCUT2D eigenvalue weighted by atomic mass is 10.0. The van der Waals surface area contributed by atoms with Crippen molar-refractivity contribution in [3.63, 3.8) is 0 Å². The quantitative estimate of drug-likeness (QED) is 0.0676. The van der Waals surface area contributed by atoms with Crippen LogP contribution in [0.5, 0.6) is 0 Å². The van der Waals surface area contributed by atoms with Crippen LogP contribution in [-0.2, 0) is 40.0 Å². The molecule has 0 aliphatic carbocycles. The van der Waals surface area contributed by atoms with Crippen LogP contribution in [0.15, 0.2) is 12.5 Å². The normalized spacial score (nSPS) is 15.1. The third-order valence-corrected chi connectivity index (χ3v) is 6.53. The van der Waals surface area contributed by atoms with E-state index in [4.69, 9.17) is 21.7 Å². The number of carboxylic acids is 1. The van der Waals surface area contributed by atoms with Crippen LogP contribution >= 0.6 is 0 Å². The van der Waals surface area contributed by atoms with Crippen LogP contribution in [-0.4, -0.2) is 116 Å². The number of hydrogen-bond donors (Lipinski definition) is 11. The van der Waals surface area contributed by atoms with Gasteiger partial charge in [0.2, 0.25) is 35.4 Å². The molecule has 0 aliphatic heterocycles. The molecule has 0 radical (unpaired) electrons. The second kappa shape index (κ2) is 18.2. The van der Waals surface area contributed by atoms with Crippen molar-refractivity contribution in [3.05, 3.63) is 18.2 Å². The fraction of sp³-hybridized carbons (Fsp3) is 0.615. The molecule has 0 fully saturated rings. The van der Waals surface area contributed by atoms with Gasteiger partial charge in [-0.15, -0.1) is 0 Å². The van der Waals surface area contributed by atoms with Gasteiger partial charge in [-0.2, -0.15) is 0 Å². The van der Waals surface area contributed by atoms with E-state index in [0.717, 1.165) is 0 Å². The Hall–Kier alpha value is -4.62. The van der Waals surface area contributed by atoms with Gasteiger partial charge in [0, 0.05) is 18.3 Å².